The summed E-state index contributed by atoms with van der Waals surface area (Å²) in [5.74, 6) is 1.07. The summed E-state index contributed by atoms with van der Waals surface area (Å²) in [5.41, 5.74) is -0.763. The number of rotatable bonds is 2. The first-order valence-electron chi connectivity index (χ1n) is 7.12. The maximum Gasteiger partial charge on any atom is 0.417 e. The number of fused-ring (bicyclic) bond motifs is 1. The second-order valence-corrected chi connectivity index (χ2v) is 5.87. The van der Waals surface area contributed by atoms with Gasteiger partial charge in [0.25, 0.3) is 0 Å². The maximum atomic E-state index is 12.5. The van der Waals surface area contributed by atoms with Gasteiger partial charge in [0, 0.05) is 31.2 Å². The lowest BCUT2D eigenvalue weighted by atomic mass is 9.98. The van der Waals surface area contributed by atoms with E-state index in [9.17, 15) is 18.0 Å². The Kier molecular flexibility index (Phi) is 3.62. The summed E-state index contributed by atoms with van der Waals surface area (Å²) in [6.07, 6.45) is -2.83. The Hall–Kier alpha value is -1.99. The molecule has 2 aliphatic rings. The first-order valence-corrected chi connectivity index (χ1v) is 7.12. The van der Waals surface area contributed by atoms with Crippen molar-refractivity contribution in [3.8, 4) is 0 Å². The molecule has 0 radical (unpaired) electrons. The molecule has 8 heteroatoms. The lowest BCUT2D eigenvalue weighted by Crippen LogP contribution is -2.38. The van der Waals surface area contributed by atoms with Crippen LogP contribution < -0.4 is 10.2 Å². The van der Waals surface area contributed by atoms with E-state index in [1.165, 1.54) is 6.07 Å². The highest BCUT2D eigenvalue weighted by Gasteiger charge is 2.43. The van der Waals surface area contributed by atoms with Gasteiger partial charge in [0.2, 0.25) is 0 Å². The quantitative estimate of drug-likeness (QED) is 0.880. The molecule has 1 aliphatic carbocycles. The fourth-order valence-corrected chi connectivity index (χ4v) is 3.53. The van der Waals surface area contributed by atoms with Crippen LogP contribution in [0.25, 0.3) is 0 Å². The first-order chi connectivity index (χ1) is 10.3. The van der Waals surface area contributed by atoms with E-state index >= 15 is 0 Å². The van der Waals surface area contributed by atoms with Gasteiger partial charge in [-0.2, -0.15) is 13.2 Å². The summed E-state index contributed by atoms with van der Waals surface area (Å²) in [4.78, 5) is 16.6. The molecule has 3 atom stereocenters. The van der Waals surface area contributed by atoms with Crippen molar-refractivity contribution in [3.63, 3.8) is 0 Å². The predicted molar refractivity (Wildman–Crippen MR) is 72.6 cm³/mol. The van der Waals surface area contributed by atoms with Crippen LogP contribution in [0.1, 0.15) is 18.4 Å². The minimum Gasteiger partial charge on any atom is -0.465 e. The molecule has 1 aromatic heterocycles. The Balaban J connectivity index is 1.69. The lowest BCUT2D eigenvalue weighted by molar-refractivity contribution is -0.137. The molecule has 1 saturated heterocycles. The molecule has 1 saturated carbocycles. The second-order valence-electron chi connectivity index (χ2n) is 5.87. The average Bonchev–Trinajstić information content (AvgIpc) is 3.00. The highest BCUT2D eigenvalue weighted by molar-refractivity contribution is 5.65. The summed E-state index contributed by atoms with van der Waals surface area (Å²) >= 11 is 0. The summed E-state index contributed by atoms with van der Waals surface area (Å²) in [7, 11) is 0. The molecule has 0 unspecified atom stereocenters. The Morgan fingerprint density at radius 1 is 1.32 bits per heavy atom. The van der Waals surface area contributed by atoms with Crippen molar-refractivity contribution in [3.05, 3.63) is 23.9 Å². The standard InChI is InChI=1S/C14H16F3N3O2/c15-14(16,17)9-2-4-12(18-5-9)20-6-8-1-3-11(10(8)7-20)19-13(21)22/h2,4-5,8,10-11,19H,1,3,6-7H2,(H,21,22)/t8-,10+,11+/m1/s1. The topological polar surface area (TPSA) is 65.5 Å². The number of carboxylic acid groups (broad SMARTS) is 1. The van der Waals surface area contributed by atoms with Gasteiger partial charge in [0.1, 0.15) is 5.82 Å². The van der Waals surface area contributed by atoms with Crippen LogP contribution in [0.2, 0.25) is 0 Å². The number of pyridine rings is 1. The van der Waals surface area contributed by atoms with E-state index < -0.39 is 17.8 Å². The zero-order valence-electron chi connectivity index (χ0n) is 11.7. The molecule has 120 valence electrons. The van der Waals surface area contributed by atoms with E-state index in [-0.39, 0.29) is 12.0 Å². The number of alkyl halides is 3. The van der Waals surface area contributed by atoms with Crippen LogP contribution in [0.5, 0.6) is 0 Å². The fourth-order valence-electron chi connectivity index (χ4n) is 3.53. The smallest absolute Gasteiger partial charge is 0.417 e. The van der Waals surface area contributed by atoms with Crippen molar-refractivity contribution in [1.29, 1.82) is 0 Å². The SMILES string of the molecule is O=C(O)N[C@H]1CC[C@@H]2CN(c3ccc(C(F)(F)F)cn3)C[C@@H]21. The average molecular weight is 315 g/mol. The van der Waals surface area contributed by atoms with Gasteiger partial charge in [-0.1, -0.05) is 0 Å². The molecule has 1 aliphatic heterocycles. The van der Waals surface area contributed by atoms with Crippen LogP contribution in [-0.4, -0.2) is 35.3 Å². The lowest BCUT2D eigenvalue weighted by Gasteiger charge is -2.21. The Labute approximate surface area is 125 Å². The number of carbonyl (C=O) groups is 1. The summed E-state index contributed by atoms with van der Waals surface area (Å²) in [6.45, 7) is 1.33. The van der Waals surface area contributed by atoms with Crippen LogP contribution in [0.3, 0.4) is 0 Å². The first kappa shape index (κ1) is 14.9. The Morgan fingerprint density at radius 3 is 2.68 bits per heavy atom. The third-order valence-electron chi connectivity index (χ3n) is 4.56. The van der Waals surface area contributed by atoms with Crippen molar-refractivity contribution in [1.82, 2.24) is 10.3 Å². The number of hydrogen-bond acceptors (Lipinski definition) is 3. The molecule has 1 aromatic rings. The molecule has 22 heavy (non-hydrogen) atoms. The number of nitrogens with one attached hydrogen (secondary N) is 1. The fraction of sp³-hybridized carbons (Fsp3) is 0.571. The van der Waals surface area contributed by atoms with E-state index in [0.717, 1.165) is 25.1 Å². The van der Waals surface area contributed by atoms with E-state index in [2.05, 4.69) is 10.3 Å². The van der Waals surface area contributed by atoms with Crippen LogP contribution in [0, 0.1) is 11.8 Å². The van der Waals surface area contributed by atoms with Crippen molar-refractivity contribution in [2.45, 2.75) is 25.1 Å². The third kappa shape index (κ3) is 2.82. The zero-order valence-corrected chi connectivity index (χ0v) is 11.7. The molecule has 0 aromatic carbocycles. The number of nitrogens with zero attached hydrogens (tertiary/aromatic N) is 2. The Bertz CT molecular complexity index is 561. The van der Waals surface area contributed by atoms with Crippen LogP contribution in [0.4, 0.5) is 23.8 Å². The second kappa shape index (κ2) is 5.33. The van der Waals surface area contributed by atoms with E-state index in [1.807, 2.05) is 4.90 Å². The third-order valence-corrected chi connectivity index (χ3v) is 4.56. The zero-order chi connectivity index (χ0) is 15.9. The minimum atomic E-state index is -4.39. The van der Waals surface area contributed by atoms with Crippen molar-refractivity contribution in [2.75, 3.05) is 18.0 Å². The highest BCUT2D eigenvalue weighted by Crippen LogP contribution is 2.39. The van der Waals surface area contributed by atoms with Gasteiger partial charge in [0.15, 0.2) is 0 Å². The van der Waals surface area contributed by atoms with Gasteiger partial charge in [0.05, 0.1) is 5.56 Å². The number of halogens is 3. The Morgan fingerprint density at radius 2 is 2.09 bits per heavy atom. The predicted octanol–water partition coefficient (Wildman–Crippen LogP) is 2.58. The molecule has 0 bridgehead atoms. The molecule has 3 rings (SSSR count). The van der Waals surface area contributed by atoms with Crippen LogP contribution in [-0.2, 0) is 6.18 Å². The van der Waals surface area contributed by atoms with Gasteiger partial charge in [-0.15, -0.1) is 0 Å². The normalized spacial score (nSPS) is 27.8. The van der Waals surface area contributed by atoms with Gasteiger partial charge in [-0.25, -0.2) is 9.78 Å². The molecular weight excluding hydrogens is 299 g/mol. The molecule has 2 fully saturated rings. The van der Waals surface area contributed by atoms with Gasteiger partial charge in [-0.05, 0) is 30.9 Å². The molecule has 2 N–H and O–H groups in total. The molecule has 0 spiro atoms. The summed E-state index contributed by atoms with van der Waals surface area (Å²) in [5, 5.41) is 11.4. The largest absolute Gasteiger partial charge is 0.465 e. The summed E-state index contributed by atoms with van der Waals surface area (Å²) in [6, 6.07) is 2.33. The molecule has 1 amide bonds. The monoisotopic (exact) mass is 315 g/mol. The number of aromatic nitrogens is 1. The molecular formula is C14H16F3N3O2. The molecule has 5 nitrogen and oxygen atoms in total. The van der Waals surface area contributed by atoms with Gasteiger partial charge >= 0.3 is 12.3 Å². The number of anilines is 1. The number of amides is 1. The number of hydrogen-bond donors (Lipinski definition) is 2. The van der Waals surface area contributed by atoms with Crippen molar-refractivity contribution in [2.24, 2.45) is 11.8 Å². The minimum absolute atomic E-state index is 0.0815. The van der Waals surface area contributed by atoms with Crippen molar-refractivity contribution < 1.29 is 23.1 Å². The molecule has 2 heterocycles. The van der Waals surface area contributed by atoms with Gasteiger partial charge < -0.3 is 15.3 Å². The maximum absolute atomic E-state index is 12.5. The van der Waals surface area contributed by atoms with Gasteiger partial charge in [-0.3, -0.25) is 0 Å². The summed E-state index contributed by atoms with van der Waals surface area (Å²) < 4.78 is 37.6. The van der Waals surface area contributed by atoms with E-state index in [0.29, 0.717) is 24.8 Å². The van der Waals surface area contributed by atoms with Crippen molar-refractivity contribution >= 4 is 11.9 Å². The van der Waals surface area contributed by atoms with Crippen LogP contribution in [0.15, 0.2) is 18.3 Å². The van der Waals surface area contributed by atoms with E-state index in [1.54, 1.807) is 0 Å². The van der Waals surface area contributed by atoms with E-state index in [4.69, 9.17) is 5.11 Å². The van der Waals surface area contributed by atoms with Crippen LogP contribution >= 0.6 is 0 Å². The highest BCUT2D eigenvalue weighted by atomic mass is 19.4.